The first-order chi connectivity index (χ1) is 4.66. The zero-order chi connectivity index (χ0) is 7.98. The number of nitrogens with two attached hydrogens (primary N) is 2. The zero-order valence-electron chi connectivity index (χ0n) is 6.42. The summed E-state index contributed by atoms with van der Waals surface area (Å²) in [6.45, 7) is 1.84. The predicted molar refractivity (Wildman–Crippen MR) is 48.6 cm³/mol. The number of hydrogen-bond acceptors (Lipinski definition) is 3. The Kier molecular flexibility index (Phi) is 4.94. The van der Waals surface area contributed by atoms with Gasteiger partial charge in [-0.1, -0.05) is 0 Å². The van der Waals surface area contributed by atoms with Gasteiger partial charge in [0.25, 0.3) is 0 Å². The quantitative estimate of drug-likeness (QED) is 0.604. The zero-order valence-corrected chi connectivity index (χ0v) is 7.24. The minimum absolute atomic E-state index is 0.782. The summed E-state index contributed by atoms with van der Waals surface area (Å²) >= 11 is 1.70. The summed E-state index contributed by atoms with van der Waals surface area (Å²) in [5, 5.41) is 0. The molecular formula is C7H14N2S. The summed E-state index contributed by atoms with van der Waals surface area (Å²) < 4.78 is 0. The van der Waals surface area contributed by atoms with Crippen LogP contribution >= 0.6 is 11.8 Å². The average Bonchev–Trinajstić information content (AvgIpc) is 1.85. The van der Waals surface area contributed by atoms with Gasteiger partial charge in [-0.2, -0.15) is 11.8 Å². The molecule has 2 nitrogen and oxygen atoms in total. The van der Waals surface area contributed by atoms with Crippen LogP contribution in [0, 0.1) is 0 Å². The van der Waals surface area contributed by atoms with E-state index < -0.39 is 0 Å². The van der Waals surface area contributed by atoms with E-state index >= 15 is 0 Å². The van der Waals surface area contributed by atoms with Gasteiger partial charge in [-0.3, -0.25) is 0 Å². The Labute approximate surface area is 66.4 Å². The number of rotatable bonds is 3. The SMILES string of the molecule is CSC/C(N)=C/C=C(/C)N. The van der Waals surface area contributed by atoms with E-state index in [2.05, 4.69) is 0 Å². The molecule has 0 aromatic rings. The van der Waals surface area contributed by atoms with Crippen LogP contribution in [-0.2, 0) is 0 Å². The lowest BCUT2D eigenvalue weighted by atomic mass is 10.4. The smallest absolute Gasteiger partial charge is 0.0327 e. The minimum atomic E-state index is 0.782. The third kappa shape index (κ3) is 5.56. The normalized spacial score (nSPS) is 13.8. The van der Waals surface area contributed by atoms with Gasteiger partial charge in [0.05, 0.1) is 0 Å². The fourth-order valence-corrected chi connectivity index (χ4v) is 0.883. The van der Waals surface area contributed by atoms with Gasteiger partial charge >= 0.3 is 0 Å². The van der Waals surface area contributed by atoms with Crippen molar-refractivity contribution in [2.75, 3.05) is 12.0 Å². The molecule has 10 heavy (non-hydrogen) atoms. The van der Waals surface area contributed by atoms with E-state index in [1.54, 1.807) is 11.8 Å². The molecule has 0 atom stereocenters. The minimum Gasteiger partial charge on any atom is -0.402 e. The van der Waals surface area contributed by atoms with Crippen molar-refractivity contribution < 1.29 is 0 Å². The third-order valence-electron chi connectivity index (χ3n) is 0.871. The van der Waals surface area contributed by atoms with Crippen molar-refractivity contribution in [3.63, 3.8) is 0 Å². The van der Waals surface area contributed by atoms with Crippen LogP contribution < -0.4 is 11.5 Å². The van der Waals surface area contributed by atoms with Crippen LogP contribution in [0.1, 0.15) is 6.92 Å². The Balaban J connectivity index is 3.79. The molecule has 0 rings (SSSR count). The van der Waals surface area contributed by atoms with Gasteiger partial charge in [0.2, 0.25) is 0 Å². The van der Waals surface area contributed by atoms with E-state index in [-0.39, 0.29) is 0 Å². The maximum absolute atomic E-state index is 5.57. The molecule has 4 N–H and O–H groups in total. The Hall–Kier alpha value is -0.570. The summed E-state index contributed by atoms with van der Waals surface area (Å²) in [6, 6.07) is 0. The fourth-order valence-electron chi connectivity index (χ4n) is 0.453. The molecule has 0 spiro atoms. The fraction of sp³-hybridized carbons (Fsp3) is 0.429. The third-order valence-corrected chi connectivity index (χ3v) is 1.49. The summed E-state index contributed by atoms with van der Waals surface area (Å²) in [6.07, 6.45) is 5.66. The molecule has 0 aliphatic heterocycles. The molecule has 0 aromatic carbocycles. The highest BCUT2D eigenvalue weighted by atomic mass is 32.2. The lowest BCUT2D eigenvalue weighted by Crippen LogP contribution is -1.99. The van der Waals surface area contributed by atoms with E-state index in [4.69, 9.17) is 11.5 Å². The first kappa shape index (κ1) is 9.43. The van der Waals surface area contributed by atoms with Crippen molar-refractivity contribution in [1.29, 1.82) is 0 Å². The molecule has 0 heterocycles. The second kappa shape index (κ2) is 5.23. The molecule has 0 amide bonds. The molecule has 0 radical (unpaired) electrons. The van der Waals surface area contributed by atoms with Crippen LogP contribution in [-0.4, -0.2) is 12.0 Å². The van der Waals surface area contributed by atoms with Crippen molar-refractivity contribution in [2.45, 2.75) is 6.92 Å². The maximum atomic E-state index is 5.57. The van der Waals surface area contributed by atoms with Crippen LogP contribution in [0.3, 0.4) is 0 Å². The Morgan fingerprint density at radius 3 is 2.40 bits per heavy atom. The first-order valence-electron chi connectivity index (χ1n) is 3.04. The standard InChI is InChI=1S/C7H14N2S/c1-6(8)3-4-7(9)5-10-2/h3-4H,5,8-9H2,1-2H3/b6-3-,7-4-. The summed E-state index contributed by atoms with van der Waals surface area (Å²) in [4.78, 5) is 0. The largest absolute Gasteiger partial charge is 0.402 e. The second-order valence-corrected chi connectivity index (χ2v) is 2.95. The van der Waals surface area contributed by atoms with Crippen LogP contribution in [0.25, 0.3) is 0 Å². The molecule has 0 saturated heterocycles. The van der Waals surface area contributed by atoms with Gasteiger partial charge in [0.15, 0.2) is 0 Å². The number of thioether (sulfide) groups is 1. The molecule has 0 fully saturated rings. The van der Waals surface area contributed by atoms with Crippen LogP contribution in [0.4, 0.5) is 0 Å². The highest BCUT2D eigenvalue weighted by Crippen LogP contribution is 1.97. The Bertz CT molecular complexity index is 146. The topological polar surface area (TPSA) is 52.0 Å². The molecule has 0 unspecified atom stereocenters. The lowest BCUT2D eigenvalue weighted by molar-refractivity contribution is 1.28. The average molecular weight is 158 g/mol. The summed E-state index contributed by atoms with van der Waals surface area (Å²) in [5.74, 6) is 0.865. The van der Waals surface area contributed by atoms with Gasteiger partial charge in [0, 0.05) is 17.1 Å². The van der Waals surface area contributed by atoms with Crippen LogP contribution in [0.2, 0.25) is 0 Å². The van der Waals surface area contributed by atoms with Gasteiger partial charge in [-0.05, 0) is 25.3 Å². The molecule has 0 bridgehead atoms. The highest BCUT2D eigenvalue weighted by molar-refractivity contribution is 7.98. The van der Waals surface area contributed by atoms with E-state index in [1.807, 2.05) is 25.3 Å². The molecule has 0 aliphatic rings. The number of allylic oxidation sites excluding steroid dienone is 3. The van der Waals surface area contributed by atoms with Gasteiger partial charge < -0.3 is 11.5 Å². The van der Waals surface area contributed by atoms with Crippen LogP contribution in [0.15, 0.2) is 23.5 Å². The molecule has 0 aromatic heterocycles. The molecular weight excluding hydrogens is 144 g/mol. The predicted octanol–water partition coefficient (Wildman–Crippen LogP) is 1.05. The van der Waals surface area contributed by atoms with Crippen molar-refractivity contribution in [2.24, 2.45) is 11.5 Å². The van der Waals surface area contributed by atoms with Gasteiger partial charge in [-0.25, -0.2) is 0 Å². The van der Waals surface area contributed by atoms with Gasteiger partial charge in [0.1, 0.15) is 0 Å². The number of hydrogen-bond donors (Lipinski definition) is 2. The monoisotopic (exact) mass is 158 g/mol. The van der Waals surface area contributed by atoms with Crippen molar-refractivity contribution in [3.8, 4) is 0 Å². The molecule has 3 heteroatoms. The summed E-state index contributed by atoms with van der Waals surface area (Å²) in [5.41, 5.74) is 12.6. The maximum Gasteiger partial charge on any atom is 0.0327 e. The summed E-state index contributed by atoms with van der Waals surface area (Å²) in [7, 11) is 0. The van der Waals surface area contributed by atoms with Gasteiger partial charge in [-0.15, -0.1) is 0 Å². The van der Waals surface area contributed by atoms with Crippen molar-refractivity contribution >= 4 is 11.8 Å². The van der Waals surface area contributed by atoms with Crippen molar-refractivity contribution in [1.82, 2.24) is 0 Å². The molecule has 0 saturated carbocycles. The van der Waals surface area contributed by atoms with Crippen molar-refractivity contribution in [3.05, 3.63) is 23.5 Å². The molecule has 0 aliphatic carbocycles. The Morgan fingerprint density at radius 2 is 2.00 bits per heavy atom. The second-order valence-electron chi connectivity index (χ2n) is 2.09. The first-order valence-corrected chi connectivity index (χ1v) is 4.43. The lowest BCUT2D eigenvalue weighted by Gasteiger charge is -1.94. The van der Waals surface area contributed by atoms with E-state index in [9.17, 15) is 0 Å². The highest BCUT2D eigenvalue weighted by Gasteiger charge is 1.84. The molecule has 58 valence electrons. The van der Waals surface area contributed by atoms with E-state index in [0.717, 1.165) is 17.1 Å². The van der Waals surface area contributed by atoms with E-state index in [0.29, 0.717) is 0 Å². The Morgan fingerprint density at radius 1 is 1.40 bits per heavy atom. The van der Waals surface area contributed by atoms with Crippen LogP contribution in [0.5, 0.6) is 0 Å². The van der Waals surface area contributed by atoms with E-state index in [1.165, 1.54) is 0 Å².